The van der Waals surface area contributed by atoms with E-state index >= 15 is 0 Å². The second-order valence-electron chi connectivity index (χ2n) is 5.64. The summed E-state index contributed by atoms with van der Waals surface area (Å²) in [4.78, 5) is 4.48. The number of oxazole rings is 1. The van der Waals surface area contributed by atoms with Crippen molar-refractivity contribution in [3.63, 3.8) is 0 Å². The summed E-state index contributed by atoms with van der Waals surface area (Å²) in [5.74, 6) is 0.785. The van der Waals surface area contributed by atoms with Crippen molar-refractivity contribution in [3.05, 3.63) is 72.5 Å². The van der Waals surface area contributed by atoms with Crippen LogP contribution in [-0.2, 0) is 0 Å². The Hall–Kier alpha value is -3.14. The molecule has 0 unspecified atom stereocenters. The second kappa shape index (κ2) is 6.40. The predicted molar refractivity (Wildman–Crippen MR) is 96.0 cm³/mol. The van der Waals surface area contributed by atoms with Crippen LogP contribution in [0, 0.1) is 5.82 Å². The number of rotatable bonds is 4. The average molecular weight is 333 g/mol. The number of fused-ring (bicyclic) bond motifs is 1. The van der Waals surface area contributed by atoms with Crippen LogP contribution in [0.25, 0.3) is 33.7 Å². The van der Waals surface area contributed by atoms with Gasteiger partial charge in [-0.2, -0.15) is 0 Å². The summed E-state index contributed by atoms with van der Waals surface area (Å²) >= 11 is 0. The maximum absolute atomic E-state index is 14.3. The number of halogens is 1. The van der Waals surface area contributed by atoms with E-state index in [9.17, 15) is 4.39 Å². The summed E-state index contributed by atoms with van der Waals surface area (Å²) in [5.41, 5.74) is 3.75. The Labute approximate surface area is 144 Å². The number of aromatic nitrogens is 1. The topological polar surface area (TPSA) is 35.3 Å². The normalized spacial score (nSPS) is 11.0. The van der Waals surface area contributed by atoms with Crippen molar-refractivity contribution in [3.8, 4) is 28.3 Å². The molecule has 3 nitrogen and oxygen atoms in total. The highest BCUT2D eigenvalue weighted by Crippen LogP contribution is 2.29. The zero-order valence-corrected chi connectivity index (χ0v) is 13.7. The average Bonchev–Trinajstić information content (AvgIpc) is 3.06. The van der Waals surface area contributed by atoms with Crippen LogP contribution in [-0.4, -0.2) is 11.6 Å². The first-order valence-electron chi connectivity index (χ1n) is 8.13. The fraction of sp³-hybridized carbons (Fsp3) is 0.0952. The minimum absolute atomic E-state index is 0.305. The van der Waals surface area contributed by atoms with Crippen molar-refractivity contribution in [1.29, 1.82) is 0 Å². The van der Waals surface area contributed by atoms with Gasteiger partial charge in [-0.3, -0.25) is 0 Å². The van der Waals surface area contributed by atoms with Crippen molar-refractivity contribution >= 4 is 11.1 Å². The Morgan fingerprint density at radius 3 is 2.44 bits per heavy atom. The summed E-state index contributed by atoms with van der Waals surface area (Å²) in [6.07, 6.45) is 0. The molecule has 0 N–H and O–H groups in total. The minimum Gasteiger partial charge on any atom is -0.494 e. The maximum atomic E-state index is 14.3. The van der Waals surface area contributed by atoms with Crippen molar-refractivity contribution in [1.82, 2.24) is 4.98 Å². The zero-order chi connectivity index (χ0) is 17.2. The van der Waals surface area contributed by atoms with Crippen LogP contribution in [0.3, 0.4) is 0 Å². The third-order valence-corrected chi connectivity index (χ3v) is 3.99. The lowest BCUT2D eigenvalue weighted by Gasteiger charge is -2.07. The van der Waals surface area contributed by atoms with Gasteiger partial charge in [0.25, 0.3) is 0 Å². The molecule has 1 heterocycles. The quantitative estimate of drug-likeness (QED) is 0.480. The van der Waals surface area contributed by atoms with Crippen LogP contribution in [0.1, 0.15) is 6.92 Å². The van der Waals surface area contributed by atoms with Gasteiger partial charge in [-0.25, -0.2) is 9.37 Å². The van der Waals surface area contributed by atoms with Gasteiger partial charge in [0.05, 0.1) is 6.61 Å². The number of hydrogen-bond acceptors (Lipinski definition) is 3. The van der Waals surface area contributed by atoms with E-state index in [4.69, 9.17) is 9.15 Å². The van der Waals surface area contributed by atoms with Crippen molar-refractivity contribution < 1.29 is 13.5 Å². The first kappa shape index (κ1) is 15.4. The van der Waals surface area contributed by atoms with E-state index in [0.29, 0.717) is 23.8 Å². The molecule has 3 aromatic carbocycles. The monoisotopic (exact) mass is 333 g/mol. The van der Waals surface area contributed by atoms with E-state index in [1.807, 2.05) is 55.5 Å². The fourth-order valence-corrected chi connectivity index (χ4v) is 2.77. The summed E-state index contributed by atoms with van der Waals surface area (Å²) in [6, 6.07) is 20.0. The van der Waals surface area contributed by atoms with E-state index in [2.05, 4.69) is 4.98 Å². The van der Waals surface area contributed by atoms with Crippen molar-refractivity contribution in [2.45, 2.75) is 6.92 Å². The Morgan fingerprint density at radius 1 is 0.960 bits per heavy atom. The molecule has 0 amide bonds. The molecular formula is C21H16FNO2. The lowest BCUT2D eigenvalue weighted by molar-refractivity contribution is 0.338. The third kappa shape index (κ3) is 2.98. The van der Waals surface area contributed by atoms with Crippen LogP contribution >= 0.6 is 0 Å². The molecule has 0 aliphatic carbocycles. The van der Waals surface area contributed by atoms with E-state index in [-0.39, 0.29) is 5.82 Å². The molecule has 4 heteroatoms. The van der Waals surface area contributed by atoms with E-state index in [1.54, 1.807) is 12.1 Å². The van der Waals surface area contributed by atoms with E-state index < -0.39 is 0 Å². The number of nitrogens with zero attached hydrogens (tertiary/aromatic N) is 1. The highest BCUT2D eigenvalue weighted by atomic mass is 19.1. The SMILES string of the molecule is CCOc1ccc(-c2ccc(-c3nc4ccccc4o3)cc2)c(F)c1. The highest BCUT2D eigenvalue weighted by Gasteiger charge is 2.10. The molecule has 0 saturated carbocycles. The molecule has 0 aliphatic rings. The Balaban J connectivity index is 1.65. The van der Waals surface area contributed by atoms with E-state index in [0.717, 1.165) is 22.2 Å². The van der Waals surface area contributed by atoms with Gasteiger partial charge in [0.15, 0.2) is 5.58 Å². The molecule has 1 aromatic heterocycles. The molecule has 0 aliphatic heterocycles. The molecule has 0 saturated heterocycles. The van der Waals surface area contributed by atoms with Crippen molar-refractivity contribution in [2.24, 2.45) is 0 Å². The molecule has 4 aromatic rings. The van der Waals surface area contributed by atoms with Crippen LogP contribution < -0.4 is 4.74 Å². The second-order valence-corrected chi connectivity index (χ2v) is 5.64. The maximum Gasteiger partial charge on any atom is 0.227 e. The van der Waals surface area contributed by atoms with Crippen LogP contribution in [0.2, 0.25) is 0 Å². The molecule has 0 bridgehead atoms. The molecule has 0 atom stereocenters. The molecule has 0 radical (unpaired) electrons. The van der Waals surface area contributed by atoms with Crippen molar-refractivity contribution in [2.75, 3.05) is 6.61 Å². The molecule has 4 rings (SSSR count). The summed E-state index contributed by atoms with van der Waals surface area (Å²) in [7, 11) is 0. The van der Waals surface area contributed by atoms with Crippen LogP contribution in [0.4, 0.5) is 4.39 Å². The van der Waals surface area contributed by atoms with E-state index in [1.165, 1.54) is 6.07 Å². The predicted octanol–water partition coefficient (Wildman–Crippen LogP) is 5.70. The summed E-state index contributed by atoms with van der Waals surface area (Å²) < 4.78 is 25.4. The molecular weight excluding hydrogens is 317 g/mol. The standard InChI is InChI=1S/C21H16FNO2/c1-2-24-16-11-12-17(18(22)13-16)14-7-9-15(10-8-14)21-23-19-5-3-4-6-20(19)25-21/h3-13H,2H2,1H3. The van der Waals surface area contributed by atoms with Gasteiger partial charge in [0.1, 0.15) is 17.1 Å². The van der Waals surface area contributed by atoms with Gasteiger partial charge in [-0.15, -0.1) is 0 Å². The number of benzene rings is 3. The smallest absolute Gasteiger partial charge is 0.227 e. The Kier molecular flexibility index (Phi) is 3.94. The highest BCUT2D eigenvalue weighted by molar-refractivity contribution is 5.76. The fourth-order valence-electron chi connectivity index (χ4n) is 2.77. The first-order valence-corrected chi connectivity index (χ1v) is 8.13. The first-order chi connectivity index (χ1) is 12.2. The van der Waals surface area contributed by atoms with Gasteiger partial charge in [-0.1, -0.05) is 24.3 Å². The molecule has 25 heavy (non-hydrogen) atoms. The summed E-state index contributed by atoms with van der Waals surface area (Å²) in [6.45, 7) is 2.38. The Morgan fingerprint density at radius 2 is 1.72 bits per heavy atom. The lowest BCUT2D eigenvalue weighted by Crippen LogP contribution is -1.93. The zero-order valence-electron chi connectivity index (χ0n) is 13.7. The molecule has 124 valence electrons. The third-order valence-electron chi connectivity index (χ3n) is 3.99. The van der Waals surface area contributed by atoms with Gasteiger partial charge in [-0.05, 0) is 48.9 Å². The minimum atomic E-state index is -0.305. The Bertz CT molecular complexity index is 989. The largest absolute Gasteiger partial charge is 0.494 e. The number of para-hydroxylation sites is 2. The van der Waals surface area contributed by atoms with Gasteiger partial charge in [0, 0.05) is 17.2 Å². The van der Waals surface area contributed by atoms with Gasteiger partial charge < -0.3 is 9.15 Å². The van der Waals surface area contributed by atoms with Crippen LogP contribution in [0.5, 0.6) is 5.75 Å². The summed E-state index contributed by atoms with van der Waals surface area (Å²) in [5, 5.41) is 0. The molecule has 0 spiro atoms. The number of hydrogen-bond donors (Lipinski definition) is 0. The lowest BCUT2D eigenvalue weighted by atomic mass is 10.0. The number of ether oxygens (including phenoxy) is 1. The van der Waals surface area contributed by atoms with Crippen LogP contribution in [0.15, 0.2) is 71.1 Å². The van der Waals surface area contributed by atoms with Gasteiger partial charge >= 0.3 is 0 Å². The van der Waals surface area contributed by atoms with Gasteiger partial charge in [0.2, 0.25) is 5.89 Å². The molecule has 0 fully saturated rings.